The topological polar surface area (TPSA) is 55.1 Å². The van der Waals surface area contributed by atoms with Crippen molar-refractivity contribution in [2.75, 3.05) is 6.54 Å². The average Bonchev–Trinajstić information content (AvgIpc) is 2.30. The van der Waals surface area contributed by atoms with Gasteiger partial charge in [0.1, 0.15) is 5.82 Å². The molecule has 0 fully saturated rings. The van der Waals surface area contributed by atoms with Crippen molar-refractivity contribution in [3.63, 3.8) is 0 Å². The molecule has 1 amide bonds. The summed E-state index contributed by atoms with van der Waals surface area (Å²) in [4.78, 5) is 11.0. The van der Waals surface area contributed by atoms with E-state index in [1.807, 2.05) is 0 Å². The van der Waals surface area contributed by atoms with E-state index in [1.165, 1.54) is 18.2 Å². The fourth-order valence-corrected chi connectivity index (χ4v) is 1.72. The van der Waals surface area contributed by atoms with Crippen LogP contribution < -0.4 is 11.1 Å². The number of rotatable bonds is 7. The maximum absolute atomic E-state index is 13.5. The van der Waals surface area contributed by atoms with Gasteiger partial charge in [-0.2, -0.15) is 0 Å². The van der Waals surface area contributed by atoms with Crippen LogP contribution in [0.15, 0.2) is 18.2 Å². The molecule has 0 unspecified atom stereocenters. The molecule has 0 aliphatic carbocycles. The van der Waals surface area contributed by atoms with Gasteiger partial charge in [-0.3, -0.25) is 4.79 Å². The number of nitrogens with two attached hydrogens (primary N) is 1. The first-order valence-electron chi connectivity index (χ1n) is 6.29. The zero-order chi connectivity index (χ0) is 13.5. The van der Waals surface area contributed by atoms with E-state index in [0.717, 1.165) is 19.4 Å². The Morgan fingerprint density at radius 1 is 1.44 bits per heavy atom. The third-order valence-electron chi connectivity index (χ3n) is 2.78. The average molecular weight is 252 g/mol. The van der Waals surface area contributed by atoms with Gasteiger partial charge in [0.2, 0.25) is 5.91 Å². The normalized spacial score (nSPS) is 10.9. The van der Waals surface area contributed by atoms with E-state index < -0.39 is 5.91 Å². The first-order chi connectivity index (χ1) is 8.50. The van der Waals surface area contributed by atoms with Crippen molar-refractivity contribution >= 4 is 5.91 Å². The van der Waals surface area contributed by atoms with E-state index >= 15 is 0 Å². The Balaban J connectivity index is 2.46. The molecule has 1 aromatic carbocycles. The van der Waals surface area contributed by atoms with Gasteiger partial charge >= 0.3 is 0 Å². The summed E-state index contributed by atoms with van der Waals surface area (Å²) in [6, 6.07) is 4.19. The van der Waals surface area contributed by atoms with Gasteiger partial charge in [0.25, 0.3) is 0 Å². The van der Waals surface area contributed by atoms with Crippen LogP contribution in [0.2, 0.25) is 0 Å². The first-order valence-corrected chi connectivity index (χ1v) is 6.29. The second-order valence-corrected chi connectivity index (χ2v) is 4.88. The molecule has 0 saturated heterocycles. The van der Waals surface area contributed by atoms with E-state index in [2.05, 4.69) is 19.2 Å². The molecule has 1 aromatic rings. The molecule has 3 nitrogen and oxygen atoms in total. The maximum atomic E-state index is 13.5. The van der Waals surface area contributed by atoms with Crippen molar-refractivity contribution in [1.82, 2.24) is 5.32 Å². The van der Waals surface area contributed by atoms with Crippen LogP contribution >= 0.6 is 0 Å². The van der Waals surface area contributed by atoms with E-state index in [0.29, 0.717) is 23.6 Å². The lowest BCUT2D eigenvalue weighted by Gasteiger charge is -2.08. The van der Waals surface area contributed by atoms with Crippen LogP contribution in [0.5, 0.6) is 0 Å². The molecule has 0 saturated carbocycles. The molecule has 100 valence electrons. The summed E-state index contributed by atoms with van der Waals surface area (Å²) < 4.78 is 13.5. The van der Waals surface area contributed by atoms with Gasteiger partial charge in [0, 0.05) is 17.7 Å². The predicted molar refractivity (Wildman–Crippen MR) is 70.7 cm³/mol. The zero-order valence-electron chi connectivity index (χ0n) is 11.0. The number of benzene rings is 1. The fourth-order valence-electron chi connectivity index (χ4n) is 1.72. The summed E-state index contributed by atoms with van der Waals surface area (Å²) in [5.74, 6) is -0.158. The fraction of sp³-hybridized carbons (Fsp3) is 0.500. The molecule has 0 heterocycles. The molecular weight excluding hydrogens is 231 g/mol. The van der Waals surface area contributed by atoms with Crippen LogP contribution in [0.4, 0.5) is 4.39 Å². The lowest BCUT2D eigenvalue weighted by atomic mass is 10.1. The molecule has 18 heavy (non-hydrogen) atoms. The molecular formula is C14H21FN2O. The Hall–Kier alpha value is -1.42. The second-order valence-electron chi connectivity index (χ2n) is 4.88. The van der Waals surface area contributed by atoms with Crippen molar-refractivity contribution in [3.05, 3.63) is 35.1 Å². The molecule has 0 aromatic heterocycles. The molecule has 3 N–H and O–H groups in total. The Morgan fingerprint density at radius 3 is 2.78 bits per heavy atom. The van der Waals surface area contributed by atoms with E-state index in [1.54, 1.807) is 0 Å². The summed E-state index contributed by atoms with van der Waals surface area (Å²) in [5.41, 5.74) is 5.99. The van der Waals surface area contributed by atoms with Crippen molar-refractivity contribution in [1.29, 1.82) is 0 Å². The van der Waals surface area contributed by atoms with Crippen LogP contribution in [0.25, 0.3) is 0 Å². The number of carbonyl (C=O) groups excluding carboxylic acids is 1. The minimum absolute atomic E-state index is 0.309. The highest BCUT2D eigenvalue weighted by atomic mass is 19.1. The Kier molecular flexibility index (Phi) is 5.78. The van der Waals surface area contributed by atoms with Crippen LogP contribution in [0.3, 0.4) is 0 Å². The quantitative estimate of drug-likeness (QED) is 0.732. The minimum Gasteiger partial charge on any atom is -0.366 e. The second kappa shape index (κ2) is 7.11. The Bertz CT molecular complexity index is 405. The number of carbonyl (C=O) groups is 1. The molecule has 0 aliphatic rings. The van der Waals surface area contributed by atoms with Gasteiger partial charge in [-0.15, -0.1) is 0 Å². The molecule has 0 atom stereocenters. The maximum Gasteiger partial charge on any atom is 0.248 e. The van der Waals surface area contributed by atoms with Gasteiger partial charge in [-0.05, 0) is 43.5 Å². The summed E-state index contributed by atoms with van der Waals surface area (Å²) in [6.07, 6.45) is 2.21. The van der Waals surface area contributed by atoms with Gasteiger partial charge in [-0.25, -0.2) is 4.39 Å². The van der Waals surface area contributed by atoms with Gasteiger partial charge < -0.3 is 11.1 Å². The third kappa shape index (κ3) is 4.84. The number of nitrogens with one attached hydrogen (secondary N) is 1. The summed E-state index contributed by atoms with van der Waals surface area (Å²) in [7, 11) is 0. The number of amides is 1. The van der Waals surface area contributed by atoms with Crippen LogP contribution in [0.1, 0.15) is 42.6 Å². The van der Waals surface area contributed by atoms with Crippen molar-refractivity contribution in [2.45, 2.75) is 33.2 Å². The monoisotopic (exact) mass is 252 g/mol. The van der Waals surface area contributed by atoms with Gasteiger partial charge in [0.05, 0.1) is 0 Å². The standard InChI is InChI=1S/C14H21FN2O/c1-10(2)4-3-7-17-9-12-8-11(14(16)18)5-6-13(12)15/h5-6,8,10,17H,3-4,7,9H2,1-2H3,(H2,16,18). The highest BCUT2D eigenvalue weighted by Crippen LogP contribution is 2.10. The van der Waals surface area contributed by atoms with Crippen molar-refractivity contribution in [2.24, 2.45) is 11.7 Å². The van der Waals surface area contributed by atoms with Crippen molar-refractivity contribution < 1.29 is 9.18 Å². The van der Waals surface area contributed by atoms with Crippen molar-refractivity contribution in [3.8, 4) is 0 Å². The lowest BCUT2D eigenvalue weighted by molar-refractivity contribution is 0.1000. The third-order valence-corrected chi connectivity index (χ3v) is 2.78. The summed E-state index contributed by atoms with van der Waals surface area (Å²) in [5, 5.41) is 3.17. The first kappa shape index (κ1) is 14.6. The highest BCUT2D eigenvalue weighted by Gasteiger charge is 2.06. The van der Waals surface area contributed by atoms with Crippen LogP contribution in [-0.2, 0) is 6.54 Å². The summed E-state index contributed by atoms with van der Waals surface area (Å²) >= 11 is 0. The lowest BCUT2D eigenvalue weighted by Crippen LogP contribution is -2.17. The van der Waals surface area contributed by atoms with E-state index in [4.69, 9.17) is 5.73 Å². The largest absolute Gasteiger partial charge is 0.366 e. The number of primary amides is 1. The number of hydrogen-bond acceptors (Lipinski definition) is 2. The number of hydrogen-bond donors (Lipinski definition) is 2. The molecule has 0 bridgehead atoms. The smallest absolute Gasteiger partial charge is 0.248 e. The zero-order valence-corrected chi connectivity index (χ0v) is 11.0. The number of halogens is 1. The summed E-state index contributed by atoms with van der Waals surface area (Å²) in [6.45, 7) is 5.62. The predicted octanol–water partition coefficient (Wildman–Crippen LogP) is 2.45. The highest BCUT2D eigenvalue weighted by molar-refractivity contribution is 5.92. The Morgan fingerprint density at radius 2 is 2.17 bits per heavy atom. The van der Waals surface area contributed by atoms with Gasteiger partial charge in [0.15, 0.2) is 0 Å². The molecule has 0 radical (unpaired) electrons. The Labute approximate surface area is 108 Å². The van der Waals surface area contributed by atoms with E-state index in [9.17, 15) is 9.18 Å². The van der Waals surface area contributed by atoms with Crippen LogP contribution in [-0.4, -0.2) is 12.5 Å². The molecule has 0 spiro atoms. The minimum atomic E-state index is -0.531. The van der Waals surface area contributed by atoms with Gasteiger partial charge in [-0.1, -0.05) is 13.8 Å². The van der Waals surface area contributed by atoms with E-state index in [-0.39, 0.29) is 5.82 Å². The molecule has 0 aliphatic heterocycles. The molecule has 4 heteroatoms. The SMILES string of the molecule is CC(C)CCCNCc1cc(C(N)=O)ccc1F. The van der Waals surface area contributed by atoms with Crippen LogP contribution in [0, 0.1) is 11.7 Å². The molecule has 1 rings (SSSR count).